The molecule has 1 unspecified atom stereocenters. The van der Waals surface area contributed by atoms with E-state index in [0.29, 0.717) is 11.5 Å². The van der Waals surface area contributed by atoms with Gasteiger partial charge in [0.25, 0.3) is 5.56 Å². The molecule has 3 heterocycles. The van der Waals surface area contributed by atoms with Gasteiger partial charge in [0.15, 0.2) is 0 Å². The Morgan fingerprint density at radius 1 is 1.26 bits per heavy atom. The minimum Gasteiger partial charge on any atom is -0.355 e. The maximum atomic E-state index is 12.7. The molecule has 7 nitrogen and oxygen atoms in total. The topological polar surface area (TPSA) is 79.6 Å². The number of nitrogens with zero attached hydrogens (tertiary/aromatic N) is 4. The van der Waals surface area contributed by atoms with E-state index in [2.05, 4.69) is 46.3 Å². The molecule has 1 aromatic carbocycles. The Morgan fingerprint density at radius 2 is 2.00 bits per heavy atom. The van der Waals surface area contributed by atoms with Gasteiger partial charge in [-0.1, -0.05) is 61.9 Å². The highest BCUT2D eigenvalue weighted by Gasteiger charge is 2.27. The van der Waals surface area contributed by atoms with Gasteiger partial charge in [-0.2, -0.15) is 4.52 Å². The number of piperidine rings is 1. The molecule has 8 heteroatoms. The van der Waals surface area contributed by atoms with Gasteiger partial charge in [0.2, 0.25) is 16.0 Å². The van der Waals surface area contributed by atoms with Crippen LogP contribution in [0.3, 0.4) is 0 Å². The summed E-state index contributed by atoms with van der Waals surface area (Å²) in [7, 11) is 0. The summed E-state index contributed by atoms with van der Waals surface area (Å²) in [6.45, 7) is 6.36. The molecule has 0 radical (unpaired) electrons. The Bertz CT molecular complexity index is 1090. The first kappa shape index (κ1) is 21.5. The predicted octanol–water partition coefficient (Wildman–Crippen LogP) is 3.24. The lowest BCUT2D eigenvalue weighted by Gasteiger charge is -2.30. The van der Waals surface area contributed by atoms with E-state index in [4.69, 9.17) is 0 Å². The molecule has 1 amide bonds. The van der Waals surface area contributed by atoms with E-state index >= 15 is 0 Å². The standard InChI is InChI=1S/C23H29N5O2S/c1-3-7-19-14-20(29)28-22(25-19)31-23(26-28)27-12-10-18(11-13-27)21(30)24-15-16(2)17-8-5-4-6-9-17/h4-6,8-9,14,16,18H,3,7,10-13,15H2,1-2H3,(H,24,30). The van der Waals surface area contributed by atoms with Crippen LogP contribution in [-0.4, -0.2) is 40.1 Å². The molecule has 1 atom stereocenters. The predicted molar refractivity (Wildman–Crippen MR) is 124 cm³/mol. The second-order valence-electron chi connectivity index (χ2n) is 8.23. The third-order valence-corrected chi connectivity index (χ3v) is 6.85. The molecular formula is C23H29N5O2S. The summed E-state index contributed by atoms with van der Waals surface area (Å²) in [6.07, 6.45) is 3.31. The van der Waals surface area contributed by atoms with Gasteiger partial charge in [0, 0.05) is 37.3 Å². The van der Waals surface area contributed by atoms with Gasteiger partial charge in [-0.05, 0) is 30.7 Å². The summed E-state index contributed by atoms with van der Waals surface area (Å²) in [5.41, 5.74) is 1.93. The molecule has 0 spiro atoms. The highest BCUT2D eigenvalue weighted by molar-refractivity contribution is 7.20. The lowest BCUT2D eigenvalue weighted by Crippen LogP contribution is -2.41. The quantitative estimate of drug-likeness (QED) is 0.611. The summed E-state index contributed by atoms with van der Waals surface area (Å²) < 4.78 is 1.39. The van der Waals surface area contributed by atoms with E-state index in [1.54, 1.807) is 6.07 Å². The van der Waals surface area contributed by atoms with E-state index in [1.807, 2.05) is 18.2 Å². The van der Waals surface area contributed by atoms with Crippen LogP contribution in [0.2, 0.25) is 0 Å². The summed E-state index contributed by atoms with van der Waals surface area (Å²) in [6, 6.07) is 11.8. The van der Waals surface area contributed by atoms with Crippen molar-refractivity contribution in [2.24, 2.45) is 5.92 Å². The minimum absolute atomic E-state index is 0.0191. The van der Waals surface area contributed by atoms with Gasteiger partial charge >= 0.3 is 0 Å². The zero-order valence-electron chi connectivity index (χ0n) is 18.1. The van der Waals surface area contributed by atoms with Crippen molar-refractivity contribution in [3.05, 3.63) is 58.0 Å². The van der Waals surface area contributed by atoms with E-state index in [0.717, 1.165) is 49.6 Å². The van der Waals surface area contributed by atoms with E-state index in [1.165, 1.54) is 21.4 Å². The summed E-state index contributed by atoms with van der Waals surface area (Å²) >= 11 is 1.45. The smallest absolute Gasteiger partial charge is 0.275 e. The lowest BCUT2D eigenvalue weighted by atomic mass is 9.95. The molecule has 0 bridgehead atoms. The number of aromatic nitrogens is 3. The monoisotopic (exact) mass is 439 g/mol. The van der Waals surface area contributed by atoms with Gasteiger partial charge in [-0.25, -0.2) is 4.98 Å². The third kappa shape index (κ3) is 4.95. The Kier molecular flexibility index (Phi) is 6.65. The molecule has 1 saturated heterocycles. The zero-order chi connectivity index (χ0) is 21.8. The van der Waals surface area contributed by atoms with Crippen LogP contribution in [0.4, 0.5) is 5.13 Å². The van der Waals surface area contributed by atoms with Gasteiger partial charge in [0.05, 0.1) is 0 Å². The number of hydrogen-bond donors (Lipinski definition) is 1. The first-order valence-corrected chi connectivity index (χ1v) is 11.8. The number of hydrogen-bond acceptors (Lipinski definition) is 6. The Balaban J connectivity index is 1.33. The summed E-state index contributed by atoms with van der Waals surface area (Å²) in [5, 5.41) is 8.41. The number of carbonyl (C=O) groups is 1. The average Bonchev–Trinajstić information content (AvgIpc) is 3.23. The van der Waals surface area contributed by atoms with Crippen molar-refractivity contribution >= 4 is 27.3 Å². The highest BCUT2D eigenvalue weighted by Crippen LogP contribution is 2.27. The fourth-order valence-corrected chi connectivity index (χ4v) is 4.97. The molecule has 1 N–H and O–H groups in total. The number of fused-ring (bicyclic) bond motifs is 1. The number of benzene rings is 1. The fraction of sp³-hybridized carbons (Fsp3) is 0.478. The van der Waals surface area contributed by atoms with Crippen LogP contribution >= 0.6 is 11.3 Å². The maximum Gasteiger partial charge on any atom is 0.275 e. The van der Waals surface area contributed by atoms with Crippen LogP contribution in [0.1, 0.15) is 50.3 Å². The van der Waals surface area contributed by atoms with Crippen molar-refractivity contribution in [3.8, 4) is 0 Å². The lowest BCUT2D eigenvalue weighted by molar-refractivity contribution is -0.125. The molecule has 1 aliphatic rings. The van der Waals surface area contributed by atoms with Crippen molar-refractivity contribution in [3.63, 3.8) is 0 Å². The van der Waals surface area contributed by atoms with Gasteiger partial charge in [-0.15, -0.1) is 5.10 Å². The van der Waals surface area contributed by atoms with Crippen molar-refractivity contribution in [2.75, 3.05) is 24.5 Å². The second kappa shape index (κ2) is 9.60. The number of carbonyl (C=O) groups excluding carboxylic acids is 1. The number of nitrogens with one attached hydrogen (secondary N) is 1. The molecule has 3 aromatic rings. The van der Waals surface area contributed by atoms with Crippen LogP contribution in [0.15, 0.2) is 41.2 Å². The zero-order valence-corrected chi connectivity index (χ0v) is 18.9. The molecule has 4 rings (SSSR count). The number of anilines is 1. The van der Waals surface area contributed by atoms with Crippen LogP contribution < -0.4 is 15.8 Å². The third-order valence-electron chi connectivity index (χ3n) is 5.88. The van der Waals surface area contributed by atoms with Crippen LogP contribution in [-0.2, 0) is 11.2 Å². The first-order valence-electron chi connectivity index (χ1n) is 11.0. The molecule has 2 aromatic heterocycles. The summed E-state index contributed by atoms with van der Waals surface area (Å²) in [5.74, 6) is 0.441. The van der Waals surface area contributed by atoms with Gasteiger partial charge < -0.3 is 10.2 Å². The second-order valence-corrected chi connectivity index (χ2v) is 9.17. The average molecular weight is 440 g/mol. The van der Waals surface area contributed by atoms with Crippen molar-refractivity contribution in [2.45, 2.75) is 45.4 Å². The Hall–Kier alpha value is -2.74. The van der Waals surface area contributed by atoms with Gasteiger partial charge in [-0.3, -0.25) is 9.59 Å². The number of rotatable bonds is 7. The van der Waals surface area contributed by atoms with Crippen molar-refractivity contribution in [1.29, 1.82) is 0 Å². The Labute approximate surface area is 186 Å². The largest absolute Gasteiger partial charge is 0.355 e. The van der Waals surface area contributed by atoms with Gasteiger partial charge in [0.1, 0.15) is 0 Å². The van der Waals surface area contributed by atoms with Crippen molar-refractivity contribution in [1.82, 2.24) is 19.9 Å². The molecule has 0 aliphatic carbocycles. The SMILES string of the molecule is CCCc1cc(=O)n2nc(N3CCC(C(=O)NCC(C)c4ccccc4)CC3)sc2n1. The summed E-state index contributed by atoms with van der Waals surface area (Å²) in [4.78, 5) is 32.4. The molecule has 0 saturated carbocycles. The number of aryl methyl sites for hydroxylation is 1. The first-order chi connectivity index (χ1) is 15.0. The number of amides is 1. The van der Waals surface area contributed by atoms with Crippen LogP contribution in [0, 0.1) is 5.92 Å². The van der Waals surface area contributed by atoms with Crippen LogP contribution in [0.5, 0.6) is 0 Å². The normalized spacial score (nSPS) is 15.9. The molecule has 164 valence electrons. The molecular weight excluding hydrogens is 410 g/mol. The maximum absolute atomic E-state index is 12.7. The fourth-order valence-electron chi connectivity index (χ4n) is 3.99. The molecule has 31 heavy (non-hydrogen) atoms. The van der Waals surface area contributed by atoms with E-state index in [9.17, 15) is 9.59 Å². The molecule has 1 aliphatic heterocycles. The van der Waals surface area contributed by atoms with E-state index < -0.39 is 0 Å². The minimum atomic E-state index is -0.127. The van der Waals surface area contributed by atoms with E-state index in [-0.39, 0.29) is 23.3 Å². The molecule has 1 fully saturated rings. The highest BCUT2D eigenvalue weighted by atomic mass is 32.1. The van der Waals surface area contributed by atoms with Crippen molar-refractivity contribution < 1.29 is 4.79 Å². The Morgan fingerprint density at radius 3 is 2.71 bits per heavy atom. The van der Waals surface area contributed by atoms with Crippen LogP contribution in [0.25, 0.3) is 4.96 Å².